The summed E-state index contributed by atoms with van der Waals surface area (Å²) in [6, 6.07) is 9.81. The molecule has 6 nitrogen and oxygen atoms in total. The van der Waals surface area contributed by atoms with E-state index in [9.17, 15) is 4.79 Å². The Morgan fingerprint density at radius 1 is 1.14 bits per heavy atom. The van der Waals surface area contributed by atoms with Gasteiger partial charge in [-0.1, -0.05) is 30.0 Å². The van der Waals surface area contributed by atoms with E-state index in [-0.39, 0.29) is 5.91 Å². The first kappa shape index (κ1) is 21.0. The van der Waals surface area contributed by atoms with Crippen molar-refractivity contribution in [3.63, 3.8) is 0 Å². The van der Waals surface area contributed by atoms with E-state index < -0.39 is 0 Å². The Labute approximate surface area is 175 Å². The van der Waals surface area contributed by atoms with Gasteiger partial charge in [0.05, 0.1) is 6.61 Å². The van der Waals surface area contributed by atoms with Crippen LogP contribution in [0.3, 0.4) is 0 Å². The zero-order valence-corrected chi connectivity index (χ0v) is 17.9. The van der Waals surface area contributed by atoms with Crippen LogP contribution >= 0.6 is 11.8 Å². The molecular formula is C22H26N4O2S. The van der Waals surface area contributed by atoms with Crippen molar-refractivity contribution in [2.45, 2.75) is 38.3 Å². The molecule has 2 aromatic heterocycles. The second-order valence-electron chi connectivity index (χ2n) is 6.74. The number of nitrogens with one attached hydrogen (secondary N) is 1. The SMILES string of the molecule is CSc1nc(C)c(CCC(=O)NCCCOc2cccc3cccnc23)c(C)n1. The van der Waals surface area contributed by atoms with Crippen LogP contribution in [0.5, 0.6) is 5.75 Å². The summed E-state index contributed by atoms with van der Waals surface area (Å²) in [5, 5.41) is 4.79. The Kier molecular flexibility index (Phi) is 7.41. The highest BCUT2D eigenvalue weighted by Crippen LogP contribution is 2.23. The fourth-order valence-corrected chi connectivity index (χ4v) is 3.62. The third kappa shape index (κ3) is 5.67. The van der Waals surface area contributed by atoms with Gasteiger partial charge >= 0.3 is 0 Å². The van der Waals surface area contributed by atoms with Crippen LogP contribution in [0.4, 0.5) is 0 Å². The van der Waals surface area contributed by atoms with E-state index in [0.717, 1.165) is 45.2 Å². The number of carbonyl (C=O) groups is 1. The van der Waals surface area contributed by atoms with Gasteiger partial charge in [0.2, 0.25) is 5.91 Å². The number of pyridine rings is 1. The van der Waals surface area contributed by atoms with Crippen LogP contribution in [-0.2, 0) is 11.2 Å². The summed E-state index contributed by atoms with van der Waals surface area (Å²) in [6.07, 6.45) is 5.53. The number of aromatic nitrogens is 3. The van der Waals surface area contributed by atoms with Crippen molar-refractivity contribution in [2.75, 3.05) is 19.4 Å². The fourth-order valence-electron chi connectivity index (χ4n) is 3.16. The maximum atomic E-state index is 12.2. The lowest BCUT2D eigenvalue weighted by atomic mass is 10.1. The topological polar surface area (TPSA) is 77.0 Å². The number of fused-ring (bicyclic) bond motifs is 1. The van der Waals surface area contributed by atoms with Crippen LogP contribution in [0.1, 0.15) is 29.8 Å². The molecule has 2 heterocycles. The number of hydrogen-bond donors (Lipinski definition) is 1. The Bertz CT molecular complexity index is 965. The number of hydrogen-bond acceptors (Lipinski definition) is 6. The third-order valence-electron chi connectivity index (χ3n) is 4.68. The largest absolute Gasteiger partial charge is 0.491 e. The smallest absolute Gasteiger partial charge is 0.220 e. The Balaban J connectivity index is 1.40. The molecule has 0 bridgehead atoms. The average Bonchev–Trinajstić information content (AvgIpc) is 2.72. The highest BCUT2D eigenvalue weighted by molar-refractivity contribution is 7.98. The molecule has 0 unspecified atom stereocenters. The standard InChI is InChI=1S/C22H26N4O2S/c1-15-18(16(2)26-22(25-15)29-3)10-11-20(27)23-13-6-14-28-19-9-4-7-17-8-5-12-24-21(17)19/h4-5,7-9,12H,6,10-11,13-14H2,1-3H3,(H,23,27). The molecule has 0 aliphatic carbocycles. The minimum absolute atomic E-state index is 0.0320. The van der Waals surface area contributed by atoms with E-state index in [1.165, 1.54) is 11.8 Å². The molecule has 29 heavy (non-hydrogen) atoms. The summed E-state index contributed by atoms with van der Waals surface area (Å²) in [5.74, 6) is 0.804. The Morgan fingerprint density at radius 2 is 1.90 bits per heavy atom. The molecule has 1 amide bonds. The summed E-state index contributed by atoms with van der Waals surface area (Å²) in [5.41, 5.74) is 3.82. The fraction of sp³-hybridized carbons (Fsp3) is 0.364. The number of carbonyl (C=O) groups excluding carboxylic acids is 1. The zero-order valence-electron chi connectivity index (χ0n) is 17.1. The van der Waals surface area contributed by atoms with Gasteiger partial charge in [-0.05, 0) is 50.6 Å². The van der Waals surface area contributed by atoms with Crippen LogP contribution < -0.4 is 10.1 Å². The molecule has 0 fully saturated rings. The van der Waals surface area contributed by atoms with Crippen molar-refractivity contribution in [2.24, 2.45) is 0 Å². The van der Waals surface area contributed by atoms with E-state index >= 15 is 0 Å². The lowest BCUT2D eigenvalue weighted by Crippen LogP contribution is -2.26. The van der Waals surface area contributed by atoms with E-state index in [1.807, 2.05) is 50.4 Å². The molecule has 3 rings (SSSR count). The Hall–Kier alpha value is -2.67. The van der Waals surface area contributed by atoms with Crippen molar-refractivity contribution in [3.8, 4) is 5.75 Å². The van der Waals surface area contributed by atoms with Gasteiger partial charge in [-0.25, -0.2) is 9.97 Å². The van der Waals surface area contributed by atoms with E-state index in [0.29, 0.717) is 26.0 Å². The van der Waals surface area contributed by atoms with Gasteiger partial charge in [-0.2, -0.15) is 0 Å². The normalized spacial score (nSPS) is 10.9. The van der Waals surface area contributed by atoms with Crippen molar-refractivity contribution < 1.29 is 9.53 Å². The number of benzene rings is 1. The van der Waals surface area contributed by atoms with Crippen molar-refractivity contribution in [1.82, 2.24) is 20.3 Å². The zero-order chi connectivity index (χ0) is 20.6. The quantitative estimate of drug-likeness (QED) is 0.328. The van der Waals surface area contributed by atoms with Crippen molar-refractivity contribution in [3.05, 3.63) is 53.5 Å². The highest BCUT2D eigenvalue weighted by Gasteiger charge is 2.10. The van der Waals surface area contributed by atoms with Gasteiger partial charge in [0.1, 0.15) is 11.3 Å². The summed E-state index contributed by atoms with van der Waals surface area (Å²) < 4.78 is 5.85. The second-order valence-corrected chi connectivity index (χ2v) is 7.52. The monoisotopic (exact) mass is 410 g/mol. The number of aryl methyl sites for hydroxylation is 2. The van der Waals surface area contributed by atoms with Gasteiger partial charge in [-0.15, -0.1) is 0 Å². The van der Waals surface area contributed by atoms with Crippen molar-refractivity contribution >= 4 is 28.6 Å². The molecule has 0 saturated heterocycles. The van der Waals surface area contributed by atoms with Crippen LogP contribution in [0.15, 0.2) is 41.7 Å². The average molecular weight is 411 g/mol. The maximum absolute atomic E-state index is 12.2. The van der Waals surface area contributed by atoms with Gasteiger partial charge in [-0.3, -0.25) is 9.78 Å². The summed E-state index contributed by atoms with van der Waals surface area (Å²) in [6.45, 7) is 5.05. The summed E-state index contributed by atoms with van der Waals surface area (Å²) in [4.78, 5) is 25.5. The highest BCUT2D eigenvalue weighted by atomic mass is 32.2. The first-order valence-corrected chi connectivity index (χ1v) is 10.9. The Morgan fingerprint density at radius 3 is 2.66 bits per heavy atom. The summed E-state index contributed by atoms with van der Waals surface area (Å²) in [7, 11) is 0. The molecule has 3 aromatic rings. The number of thioether (sulfide) groups is 1. The van der Waals surface area contributed by atoms with Gasteiger partial charge in [0.25, 0.3) is 0 Å². The molecule has 0 radical (unpaired) electrons. The van der Waals surface area contributed by atoms with Gasteiger partial charge in [0.15, 0.2) is 5.16 Å². The number of para-hydroxylation sites is 1. The lowest BCUT2D eigenvalue weighted by Gasteiger charge is -2.11. The predicted octanol–water partition coefficient (Wildman–Crippen LogP) is 3.88. The van der Waals surface area contributed by atoms with E-state index in [2.05, 4.69) is 20.3 Å². The molecule has 7 heteroatoms. The molecular weight excluding hydrogens is 384 g/mol. The minimum atomic E-state index is 0.0320. The first-order valence-electron chi connectivity index (χ1n) is 9.70. The van der Waals surface area contributed by atoms with Gasteiger partial charge < -0.3 is 10.1 Å². The van der Waals surface area contributed by atoms with Crippen LogP contribution in [0, 0.1) is 13.8 Å². The van der Waals surface area contributed by atoms with Crippen molar-refractivity contribution in [1.29, 1.82) is 0 Å². The second kappa shape index (κ2) is 10.2. The van der Waals surface area contributed by atoms with Crippen LogP contribution in [-0.4, -0.2) is 40.3 Å². The van der Waals surface area contributed by atoms with Gasteiger partial charge in [0, 0.05) is 35.9 Å². The predicted molar refractivity (Wildman–Crippen MR) is 116 cm³/mol. The number of rotatable bonds is 9. The summed E-state index contributed by atoms with van der Waals surface area (Å²) >= 11 is 1.53. The number of nitrogens with zero attached hydrogens (tertiary/aromatic N) is 3. The van der Waals surface area contributed by atoms with E-state index in [4.69, 9.17) is 4.74 Å². The number of ether oxygens (including phenoxy) is 1. The number of amides is 1. The molecule has 0 aliphatic heterocycles. The van der Waals surface area contributed by atoms with E-state index in [1.54, 1.807) is 6.20 Å². The molecule has 1 N–H and O–H groups in total. The molecule has 1 aromatic carbocycles. The maximum Gasteiger partial charge on any atom is 0.220 e. The molecule has 0 aliphatic rings. The third-order valence-corrected chi connectivity index (χ3v) is 5.23. The molecule has 0 saturated carbocycles. The molecule has 152 valence electrons. The van der Waals surface area contributed by atoms with Crippen LogP contribution in [0.2, 0.25) is 0 Å². The molecule has 0 spiro atoms. The minimum Gasteiger partial charge on any atom is -0.491 e. The first-order chi connectivity index (χ1) is 14.1. The van der Waals surface area contributed by atoms with Crippen LogP contribution in [0.25, 0.3) is 10.9 Å². The molecule has 0 atom stereocenters. The lowest BCUT2D eigenvalue weighted by molar-refractivity contribution is -0.121.